The van der Waals surface area contributed by atoms with Crippen molar-refractivity contribution >= 4 is 11.2 Å². The molecule has 3 saturated carbocycles. The third-order valence-corrected chi connectivity index (χ3v) is 8.73. The molecule has 190 valence electrons. The van der Waals surface area contributed by atoms with Crippen molar-refractivity contribution in [3.8, 4) is 0 Å². The van der Waals surface area contributed by atoms with E-state index in [0.717, 1.165) is 48.8 Å². The number of rotatable bonds is 4. The molecular formula is C27H31F2N5O2. The summed E-state index contributed by atoms with van der Waals surface area (Å²) in [5.41, 5.74) is 4.11. The molecule has 3 aromatic heterocycles. The highest BCUT2D eigenvalue weighted by Gasteiger charge is 2.63. The van der Waals surface area contributed by atoms with Crippen LogP contribution in [0.2, 0.25) is 0 Å². The van der Waals surface area contributed by atoms with Gasteiger partial charge in [0.1, 0.15) is 11.3 Å². The summed E-state index contributed by atoms with van der Waals surface area (Å²) in [5.74, 6) is -2.57. The number of alkyl halides is 2. The van der Waals surface area contributed by atoms with Gasteiger partial charge in [0.05, 0.1) is 23.2 Å². The summed E-state index contributed by atoms with van der Waals surface area (Å²) < 4.78 is 36.3. The molecule has 3 aromatic rings. The largest absolute Gasteiger partial charge is 0.373 e. The van der Waals surface area contributed by atoms with Crippen molar-refractivity contribution in [2.24, 2.45) is 18.9 Å². The van der Waals surface area contributed by atoms with Crippen LogP contribution in [0.3, 0.4) is 0 Å². The van der Waals surface area contributed by atoms with Crippen LogP contribution in [0, 0.1) is 25.7 Å². The van der Waals surface area contributed by atoms with Crippen LogP contribution in [0.15, 0.2) is 23.1 Å². The first-order chi connectivity index (χ1) is 17.0. The molecule has 0 aromatic carbocycles. The average Bonchev–Trinajstić information content (AvgIpc) is 3.39. The van der Waals surface area contributed by atoms with Crippen molar-refractivity contribution in [2.45, 2.75) is 76.2 Å². The number of aromatic nitrogens is 5. The molecule has 4 aliphatic rings. The second-order valence-electron chi connectivity index (χ2n) is 11.2. The fourth-order valence-corrected chi connectivity index (χ4v) is 6.62. The highest BCUT2D eigenvalue weighted by Crippen LogP contribution is 2.66. The molecule has 9 heteroatoms. The Morgan fingerprint density at radius 1 is 1.08 bits per heavy atom. The molecule has 36 heavy (non-hydrogen) atoms. The number of hydrogen-bond donors (Lipinski definition) is 0. The molecule has 1 aliphatic heterocycles. The molecule has 7 nitrogen and oxygen atoms in total. The Bertz CT molecular complexity index is 1410. The van der Waals surface area contributed by atoms with E-state index in [1.807, 2.05) is 26.1 Å². The van der Waals surface area contributed by atoms with Crippen molar-refractivity contribution < 1.29 is 13.5 Å². The van der Waals surface area contributed by atoms with Crippen LogP contribution in [-0.2, 0) is 17.2 Å². The average molecular weight is 496 g/mol. The van der Waals surface area contributed by atoms with E-state index in [-0.39, 0.29) is 28.9 Å². The lowest BCUT2D eigenvalue weighted by molar-refractivity contribution is -0.0501. The first-order valence-corrected chi connectivity index (χ1v) is 12.7. The third-order valence-electron chi connectivity index (χ3n) is 8.73. The van der Waals surface area contributed by atoms with Gasteiger partial charge in [0.2, 0.25) is 11.5 Å². The maximum absolute atomic E-state index is 14.4. The predicted molar refractivity (Wildman–Crippen MR) is 130 cm³/mol. The molecule has 0 radical (unpaired) electrons. The van der Waals surface area contributed by atoms with E-state index in [9.17, 15) is 13.6 Å². The number of fused-ring (bicyclic) bond motifs is 2. The number of aryl methyl sites for hydroxylation is 3. The van der Waals surface area contributed by atoms with Crippen molar-refractivity contribution in [1.82, 2.24) is 24.5 Å². The Hall–Kier alpha value is -2.81. The highest BCUT2D eigenvalue weighted by molar-refractivity contribution is 5.75. The van der Waals surface area contributed by atoms with Gasteiger partial charge < -0.3 is 9.30 Å². The molecule has 0 N–H and O–H groups in total. The van der Waals surface area contributed by atoms with Crippen molar-refractivity contribution in [1.29, 1.82) is 0 Å². The van der Waals surface area contributed by atoms with E-state index in [1.54, 1.807) is 17.7 Å². The van der Waals surface area contributed by atoms with Crippen molar-refractivity contribution in [2.75, 3.05) is 6.61 Å². The molecule has 2 bridgehead atoms. The summed E-state index contributed by atoms with van der Waals surface area (Å²) in [4.78, 5) is 31.4. The summed E-state index contributed by atoms with van der Waals surface area (Å²) in [6.07, 6.45) is 4.94. The van der Waals surface area contributed by atoms with E-state index in [1.165, 1.54) is 0 Å². The second-order valence-corrected chi connectivity index (χ2v) is 11.2. The Morgan fingerprint density at radius 3 is 2.53 bits per heavy atom. The van der Waals surface area contributed by atoms with Crippen LogP contribution in [0.4, 0.5) is 8.78 Å². The normalized spacial score (nSPS) is 29.9. The second kappa shape index (κ2) is 8.10. The predicted octanol–water partition coefficient (Wildman–Crippen LogP) is 4.69. The monoisotopic (exact) mass is 495 g/mol. The molecule has 7 rings (SSSR count). The Balaban J connectivity index is 1.40. The summed E-state index contributed by atoms with van der Waals surface area (Å²) >= 11 is 0. The van der Waals surface area contributed by atoms with Gasteiger partial charge in [0.15, 0.2) is 5.65 Å². The Kier molecular flexibility index (Phi) is 5.30. The summed E-state index contributed by atoms with van der Waals surface area (Å²) in [6.45, 7) is 5.41. The van der Waals surface area contributed by atoms with Crippen LogP contribution in [-0.4, -0.2) is 37.0 Å². The zero-order chi connectivity index (χ0) is 25.4. The molecule has 0 spiro atoms. The van der Waals surface area contributed by atoms with E-state index >= 15 is 0 Å². The summed E-state index contributed by atoms with van der Waals surface area (Å²) in [7, 11) is 1.73. The van der Waals surface area contributed by atoms with Crippen LogP contribution in [0.25, 0.3) is 11.2 Å². The fraction of sp³-hybridized carbons (Fsp3) is 0.593. The lowest BCUT2D eigenvalue weighted by Crippen LogP contribution is -2.35. The van der Waals surface area contributed by atoms with Crippen LogP contribution in [0.5, 0.6) is 0 Å². The molecule has 4 heterocycles. The van der Waals surface area contributed by atoms with Gasteiger partial charge in [0, 0.05) is 43.2 Å². The van der Waals surface area contributed by atoms with Gasteiger partial charge in [-0.3, -0.25) is 4.79 Å². The number of halogens is 2. The quantitative estimate of drug-likeness (QED) is 0.522. The van der Waals surface area contributed by atoms with Gasteiger partial charge in [-0.15, -0.1) is 0 Å². The molecule has 0 amide bonds. The SMILES string of the molecule is Cc1nc2nc(C3CCOC(c4ccc(=O)n(C)c4)C3)nc(C34CC(C3)C(C(C)(F)F)C4)c2nc1C. The zero-order valence-corrected chi connectivity index (χ0v) is 21.1. The molecule has 3 aliphatic carbocycles. The van der Waals surface area contributed by atoms with E-state index in [0.29, 0.717) is 36.4 Å². The summed E-state index contributed by atoms with van der Waals surface area (Å²) in [6, 6.07) is 3.37. The lowest BCUT2D eigenvalue weighted by Gasteiger charge is -2.39. The minimum absolute atomic E-state index is 0.0233. The van der Waals surface area contributed by atoms with Gasteiger partial charge >= 0.3 is 0 Å². The van der Waals surface area contributed by atoms with Crippen LogP contribution < -0.4 is 5.56 Å². The molecule has 3 unspecified atom stereocenters. The van der Waals surface area contributed by atoms with Crippen LogP contribution in [0.1, 0.15) is 79.5 Å². The number of pyridine rings is 1. The highest BCUT2D eigenvalue weighted by atomic mass is 19.3. The first-order valence-electron chi connectivity index (χ1n) is 12.7. The maximum atomic E-state index is 14.4. The van der Waals surface area contributed by atoms with Gasteiger partial charge in [0.25, 0.3) is 0 Å². The first kappa shape index (κ1) is 23.6. The van der Waals surface area contributed by atoms with Crippen molar-refractivity contribution in [3.05, 3.63) is 57.2 Å². The Labute approximate surface area is 208 Å². The van der Waals surface area contributed by atoms with Gasteiger partial charge in [-0.25, -0.2) is 28.7 Å². The van der Waals surface area contributed by atoms with Gasteiger partial charge in [-0.1, -0.05) is 0 Å². The van der Waals surface area contributed by atoms with Gasteiger partial charge in [-0.2, -0.15) is 0 Å². The zero-order valence-electron chi connectivity index (χ0n) is 21.1. The number of ether oxygens (including phenoxy) is 1. The fourth-order valence-electron chi connectivity index (χ4n) is 6.62. The molecule has 3 atom stereocenters. The Morgan fingerprint density at radius 2 is 1.83 bits per heavy atom. The maximum Gasteiger partial charge on any atom is 0.250 e. The molecule has 1 saturated heterocycles. The van der Waals surface area contributed by atoms with E-state index in [2.05, 4.69) is 0 Å². The standard InChI is InChI=1S/C27H31F2N5O2/c1-14-15(2)31-25-22(30-14)23(27-10-18(11-27)19(12-27)26(3,28)29)32-24(33-25)16-7-8-36-20(9-16)17-5-6-21(35)34(4)13-17/h5-6,13,16,18-20H,7-12H2,1-4H3. The van der Waals surface area contributed by atoms with E-state index < -0.39 is 11.8 Å². The van der Waals surface area contributed by atoms with Crippen molar-refractivity contribution in [3.63, 3.8) is 0 Å². The minimum atomic E-state index is -2.70. The smallest absolute Gasteiger partial charge is 0.250 e. The third kappa shape index (κ3) is 3.74. The van der Waals surface area contributed by atoms with Gasteiger partial charge in [-0.05, 0) is 70.4 Å². The van der Waals surface area contributed by atoms with Crippen LogP contribution >= 0.6 is 0 Å². The molecular weight excluding hydrogens is 464 g/mol. The van der Waals surface area contributed by atoms with E-state index in [4.69, 9.17) is 24.7 Å². The number of nitrogens with zero attached hydrogens (tertiary/aromatic N) is 5. The minimum Gasteiger partial charge on any atom is -0.373 e. The summed E-state index contributed by atoms with van der Waals surface area (Å²) in [5, 5.41) is 0. The lowest BCUT2D eigenvalue weighted by atomic mass is 9.66. The molecule has 4 fully saturated rings. The number of hydrogen-bond acceptors (Lipinski definition) is 6. The topological polar surface area (TPSA) is 82.8 Å².